The van der Waals surface area contributed by atoms with E-state index in [9.17, 15) is 0 Å². The highest BCUT2D eigenvalue weighted by Crippen LogP contribution is 2.22. The summed E-state index contributed by atoms with van der Waals surface area (Å²) in [5.74, 6) is 0. The maximum Gasteiger partial charge on any atom is 0.0580 e. The van der Waals surface area contributed by atoms with Gasteiger partial charge in [-0.05, 0) is 11.5 Å². The molecule has 3 aromatic rings. The zero-order chi connectivity index (χ0) is 9.38. The molecule has 0 atom stereocenters. The van der Waals surface area contributed by atoms with Gasteiger partial charge in [-0.1, -0.05) is 12.1 Å². The van der Waals surface area contributed by atoms with E-state index >= 15 is 0 Å². The van der Waals surface area contributed by atoms with Gasteiger partial charge in [0.05, 0.1) is 12.4 Å². The average Bonchev–Trinajstić information content (AvgIpc) is 2.29. The highest BCUT2D eigenvalue weighted by Gasteiger charge is 1.99. The van der Waals surface area contributed by atoms with Crippen molar-refractivity contribution in [1.82, 2.24) is 15.2 Å². The van der Waals surface area contributed by atoms with Crippen molar-refractivity contribution >= 4 is 21.5 Å². The Morgan fingerprint density at radius 3 is 2.43 bits per heavy atom. The van der Waals surface area contributed by atoms with Crippen molar-refractivity contribution in [2.45, 2.75) is 0 Å². The Balaban J connectivity index is 2.61. The molecule has 3 heteroatoms. The zero-order valence-electron chi connectivity index (χ0n) is 7.38. The summed E-state index contributed by atoms with van der Waals surface area (Å²) in [6, 6.07) is 6.08. The number of pyridine rings is 1. The summed E-state index contributed by atoms with van der Waals surface area (Å²) in [4.78, 5) is 4.08. The lowest BCUT2D eigenvalue weighted by atomic mass is 10.1. The van der Waals surface area contributed by atoms with Gasteiger partial charge >= 0.3 is 0 Å². The minimum Gasteiger partial charge on any atom is -0.264 e. The van der Waals surface area contributed by atoms with Crippen molar-refractivity contribution in [1.29, 1.82) is 0 Å². The fourth-order valence-corrected chi connectivity index (χ4v) is 1.65. The van der Waals surface area contributed by atoms with E-state index < -0.39 is 0 Å². The third-order valence-electron chi connectivity index (χ3n) is 2.35. The van der Waals surface area contributed by atoms with Crippen LogP contribution < -0.4 is 0 Å². The zero-order valence-corrected chi connectivity index (χ0v) is 7.38. The van der Waals surface area contributed by atoms with E-state index in [4.69, 9.17) is 0 Å². The molecule has 0 unspecified atom stereocenters. The maximum absolute atomic E-state index is 4.08. The van der Waals surface area contributed by atoms with Crippen molar-refractivity contribution in [3.8, 4) is 0 Å². The third-order valence-corrected chi connectivity index (χ3v) is 2.35. The lowest BCUT2D eigenvalue weighted by Gasteiger charge is -2.00. The maximum atomic E-state index is 4.08. The first-order valence-electron chi connectivity index (χ1n) is 4.38. The monoisotopic (exact) mass is 181 g/mol. The molecule has 0 spiro atoms. The van der Waals surface area contributed by atoms with Crippen LogP contribution in [-0.2, 0) is 0 Å². The molecule has 3 nitrogen and oxygen atoms in total. The Hall–Kier alpha value is -2.03. The van der Waals surface area contributed by atoms with Crippen LogP contribution in [-0.4, -0.2) is 15.2 Å². The lowest BCUT2D eigenvalue weighted by molar-refractivity contribution is 1.05. The van der Waals surface area contributed by atoms with Gasteiger partial charge < -0.3 is 0 Å². The molecule has 3 rings (SSSR count). The lowest BCUT2D eigenvalue weighted by Crippen LogP contribution is -1.82. The van der Waals surface area contributed by atoms with E-state index in [2.05, 4.69) is 15.2 Å². The highest BCUT2D eigenvalue weighted by molar-refractivity contribution is 6.06. The average molecular weight is 181 g/mol. The molecule has 1 aromatic carbocycles. The van der Waals surface area contributed by atoms with E-state index in [0.29, 0.717) is 0 Å². The Kier molecular flexibility index (Phi) is 1.44. The van der Waals surface area contributed by atoms with Gasteiger partial charge in [0.15, 0.2) is 0 Å². The van der Waals surface area contributed by atoms with Gasteiger partial charge in [0.2, 0.25) is 0 Å². The fraction of sp³-hybridized carbons (Fsp3) is 0. The standard InChI is InChI=1S/C11H7N3/c1-2-9-6-13-14-7-11(9)10-3-4-12-5-8(1)10/h1-7H. The molecule has 0 saturated heterocycles. The van der Waals surface area contributed by atoms with Crippen LogP contribution in [0.3, 0.4) is 0 Å². The molecule has 0 amide bonds. The fourth-order valence-electron chi connectivity index (χ4n) is 1.65. The number of rotatable bonds is 0. The number of nitrogens with zero attached hydrogens (tertiary/aromatic N) is 3. The van der Waals surface area contributed by atoms with Crippen molar-refractivity contribution in [3.05, 3.63) is 43.0 Å². The second-order valence-electron chi connectivity index (χ2n) is 3.15. The Morgan fingerprint density at radius 1 is 0.714 bits per heavy atom. The van der Waals surface area contributed by atoms with Crippen LogP contribution in [0.4, 0.5) is 0 Å². The van der Waals surface area contributed by atoms with Crippen LogP contribution >= 0.6 is 0 Å². The van der Waals surface area contributed by atoms with Crippen LogP contribution in [0.15, 0.2) is 43.0 Å². The van der Waals surface area contributed by atoms with E-state index in [0.717, 1.165) is 16.2 Å². The molecular formula is C11H7N3. The summed E-state index contributed by atoms with van der Waals surface area (Å²) < 4.78 is 0. The van der Waals surface area contributed by atoms with Crippen molar-refractivity contribution < 1.29 is 0 Å². The topological polar surface area (TPSA) is 38.7 Å². The molecule has 0 radical (unpaired) electrons. The van der Waals surface area contributed by atoms with Gasteiger partial charge in [0.25, 0.3) is 0 Å². The van der Waals surface area contributed by atoms with Crippen LogP contribution in [0.2, 0.25) is 0 Å². The molecule has 0 N–H and O–H groups in total. The summed E-state index contributed by atoms with van der Waals surface area (Å²) >= 11 is 0. The molecule has 0 bridgehead atoms. The van der Waals surface area contributed by atoms with Crippen LogP contribution in [0.1, 0.15) is 0 Å². The molecule has 0 aliphatic carbocycles. The van der Waals surface area contributed by atoms with E-state index in [1.165, 1.54) is 5.39 Å². The summed E-state index contributed by atoms with van der Waals surface area (Å²) in [5.41, 5.74) is 0. The number of benzene rings is 1. The molecular weight excluding hydrogens is 174 g/mol. The van der Waals surface area contributed by atoms with Gasteiger partial charge in [-0.15, -0.1) is 0 Å². The Labute approximate surface area is 80.4 Å². The van der Waals surface area contributed by atoms with Gasteiger partial charge in [0, 0.05) is 28.6 Å². The molecule has 0 saturated carbocycles. The summed E-state index contributed by atoms with van der Waals surface area (Å²) in [7, 11) is 0. The van der Waals surface area contributed by atoms with Crippen molar-refractivity contribution in [2.24, 2.45) is 0 Å². The largest absolute Gasteiger partial charge is 0.264 e. The molecule has 14 heavy (non-hydrogen) atoms. The minimum atomic E-state index is 1.11. The molecule has 0 fully saturated rings. The van der Waals surface area contributed by atoms with Crippen LogP contribution in [0.5, 0.6) is 0 Å². The second kappa shape index (κ2) is 2.73. The van der Waals surface area contributed by atoms with Crippen LogP contribution in [0.25, 0.3) is 21.5 Å². The summed E-state index contributed by atoms with van der Waals surface area (Å²) in [6.07, 6.45) is 7.21. The van der Waals surface area contributed by atoms with Gasteiger partial charge in [0.1, 0.15) is 0 Å². The molecule has 0 aliphatic rings. The van der Waals surface area contributed by atoms with Crippen molar-refractivity contribution in [2.75, 3.05) is 0 Å². The molecule has 2 aromatic heterocycles. The number of hydrogen-bond acceptors (Lipinski definition) is 3. The first kappa shape index (κ1) is 7.38. The van der Waals surface area contributed by atoms with Gasteiger partial charge in [-0.3, -0.25) is 4.98 Å². The quantitative estimate of drug-likeness (QED) is 0.499. The van der Waals surface area contributed by atoms with Gasteiger partial charge in [-0.2, -0.15) is 10.2 Å². The van der Waals surface area contributed by atoms with Gasteiger partial charge in [-0.25, -0.2) is 0 Å². The smallest absolute Gasteiger partial charge is 0.0580 e. The van der Waals surface area contributed by atoms with Crippen molar-refractivity contribution in [3.63, 3.8) is 0 Å². The summed E-state index contributed by atoms with van der Waals surface area (Å²) in [5, 5.41) is 12.3. The second-order valence-corrected chi connectivity index (χ2v) is 3.15. The molecule has 66 valence electrons. The summed E-state index contributed by atoms with van der Waals surface area (Å²) in [6.45, 7) is 0. The van der Waals surface area contributed by atoms with Crippen LogP contribution in [0, 0.1) is 0 Å². The minimum absolute atomic E-state index is 1.11. The molecule has 0 aliphatic heterocycles. The Morgan fingerprint density at radius 2 is 1.50 bits per heavy atom. The normalized spacial score (nSPS) is 10.9. The highest BCUT2D eigenvalue weighted by atomic mass is 15.1. The Bertz CT molecular complexity index is 550. The predicted octanol–water partition coefficient (Wildman–Crippen LogP) is 2.18. The van der Waals surface area contributed by atoms with E-state index in [-0.39, 0.29) is 0 Å². The first-order chi connectivity index (χ1) is 6.95. The number of aromatic nitrogens is 3. The van der Waals surface area contributed by atoms with E-state index in [1.807, 2.05) is 24.4 Å². The first-order valence-corrected chi connectivity index (χ1v) is 4.38. The SMILES string of the molecule is c1cc2c(ccc3cnncc32)cn1. The number of fused-ring (bicyclic) bond motifs is 3. The predicted molar refractivity (Wildman–Crippen MR) is 54.8 cm³/mol. The number of hydrogen-bond donors (Lipinski definition) is 0. The third kappa shape index (κ3) is 0.956. The molecule has 2 heterocycles. The van der Waals surface area contributed by atoms with E-state index in [1.54, 1.807) is 18.6 Å².